The van der Waals surface area contributed by atoms with Crippen LogP contribution in [0.3, 0.4) is 0 Å². The molecule has 0 unspecified atom stereocenters. The molecule has 4 N–H and O–H groups in total. The number of carbonyl (C=O) groups excluding carboxylic acids is 1. The molecule has 17 heteroatoms. The number of hydrogen-bond acceptors (Lipinski definition) is 11. The predicted molar refractivity (Wildman–Crippen MR) is 130 cm³/mol. The first-order valence-corrected chi connectivity index (χ1v) is 14.4. The second-order valence-corrected chi connectivity index (χ2v) is 11.9. The summed E-state index contributed by atoms with van der Waals surface area (Å²) in [5.41, 5.74) is 0.0757. The van der Waals surface area contributed by atoms with Gasteiger partial charge in [-0.1, -0.05) is 24.3 Å². The molecule has 14 nitrogen and oxygen atoms in total. The second-order valence-electron chi connectivity index (χ2n) is 7.37. The molecule has 3 aromatic carbocycles. The number of anilines is 1. The molecule has 0 radical (unpaired) electrons. The highest BCUT2D eigenvalue weighted by atomic mass is 32.3. The molecule has 0 bridgehead atoms. The monoisotopic (exact) mass is 573 g/mol. The van der Waals surface area contributed by atoms with E-state index in [0.29, 0.717) is 5.69 Å². The molecule has 198 valence electrons. The predicted octanol–water partition coefficient (Wildman–Crippen LogP) is 2.76. The Balaban J connectivity index is 2.36. The van der Waals surface area contributed by atoms with Gasteiger partial charge >= 0.3 is 10.4 Å². The zero-order chi connectivity index (χ0) is 27.6. The maximum absolute atomic E-state index is 13.0. The summed E-state index contributed by atoms with van der Waals surface area (Å²) in [6.07, 6.45) is 0. The molecule has 3 aromatic rings. The Morgan fingerprint density at radius 3 is 2.19 bits per heavy atom. The van der Waals surface area contributed by atoms with E-state index in [0.717, 1.165) is 6.07 Å². The van der Waals surface area contributed by atoms with E-state index >= 15 is 0 Å². The van der Waals surface area contributed by atoms with Gasteiger partial charge in [-0.2, -0.15) is 21.9 Å². The number of nitrogens with zero attached hydrogens (tertiary/aromatic N) is 2. The van der Waals surface area contributed by atoms with Crippen molar-refractivity contribution < 1.29 is 48.4 Å². The smallest absolute Gasteiger partial charge is 0.397 e. The molecule has 3 rings (SSSR count). The molecular formula is C20H19N3O11S3. The molecule has 1 amide bonds. The standard InChI is InChI=1S/C20H19N3O11S3/c1-12(24)21-15-8-7-13-11-16(36(28,29)30)20(35(26,27)10-9-34-37(31,32)33)19(25)17(13)18(15)23-22-14-5-3-2-4-6-14/h2-8,11,25H,9-10H2,1H3,(H,21,24)(H,28,29,30)(H,31,32,33). The van der Waals surface area contributed by atoms with Gasteiger partial charge in [0, 0.05) is 6.92 Å². The molecule has 0 saturated heterocycles. The van der Waals surface area contributed by atoms with Gasteiger partial charge in [-0.05, 0) is 29.7 Å². The highest BCUT2D eigenvalue weighted by Crippen LogP contribution is 2.45. The number of fused-ring (bicyclic) bond motifs is 1. The molecule has 0 aliphatic rings. The van der Waals surface area contributed by atoms with Gasteiger partial charge in [0.15, 0.2) is 9.84 Å². The Labute approximate surface area is 211 Å². The second kappa shape index (κ2) is 10.5. The summed E-state index contributed by atoms with van der Waals surface area (Å²) in [6, 6.07) is 11.5. The quantitative estimate of drug-likeness (QED) is 0.215. The summed E-state index contributed by atoms with van der Waals surface area (Å²) in [5, 5.41) is 21.1. The minimum absolute atomic E-state index is 0.0207. The number of hydrogen-bond donors (Lipinski definition) is 4. The van der Waals surface area contributed by atoms with E-state index in [2.05, 4.69) is 19.7 Å². The number of rotatable bonds is 9. The van der Waals surface area contributed by atoms with E-state index in [1.165, 1.54) is 19.1 Å². The molecular weight excluding hydrogens is 554 g/mol. The van der Waals surface area contributed by atoms with Crippen LogP contribution in [0.4, 0.5) is 17.1 Å². The van der Waals surface area contributed by atoms with Crippen molar-refractivity contribution >= 4 is 64.1 Å². The van der Waals surface area contributed by atoms with Crippen LogP contribution in [0.1, 0.15) is 6.92 Å². The van der Waals surface area contributed by atoms with Crippen LogP contribution in [0.25, 0.3) is 10.8 Å². The summed E-state index contributed by atoms with van der Waals surface area (Å²) >= 11 is 0. The molecule has 0 saturated carbocycles. The molecule has 0 aliphatic carbocycles. The fourth-order valence-corrected chi connectivity index (χ4v) is 6.23. The average Bonchev–Trinajstić information content (AvgIpc) is 2.76. The molecule has 0 aromatic heterocycles. The number of sulfone groups is 1. The van der Waals surface area contributed by atoms with Crippen molar-refractivity contribution in [1.29, 1.82) is 0 Å². The number of benzene rings is 3. The van der Waals surface area contributed by atoms with Crippen LogP contribution in [-0.2, 0) is 39.3 Å². The third kappa shape index (κ3) is 6.85. The van der Waals surface area contributed by atoms with E-state index in [1.807, 2.05) is 0 Å². The van der Waals surface area contributed by atoms with Crippen molar-refractivity contribution in [2.75, 3.05) is 17.7 Å². The number of aromatic hydroxyl groups is 1. The number of phenols is 1. The van der Waals surface area contributed by atoms with E-state index < -0.39 is 64.2 Å². The van der Waals surface area contributed by atoms with E-state index in [-0.39, 0.29) is 22.1 Å². The van der Waals surface area contributed by atoms with Crippen molar-refractivity contribution in [2.45, 2.75) is 16.7 Å². The van der Waals surface area contributed by atoms with Crippen molar-refractivity contribution in [2.24, 2.45) is 10.2 Å². The van der Waals surface area contributed by atoms with Crippen LogP contribution >= 0.6 is 0 Å². The van der Waals surface area contributed by atoms with Gasteiger partial charge in [0.1, 0.15) is 21.2 Å². The van der Waals surface area contributed by atoms with E-state index in [4.69, 9.17) is 4.55 Å². The Morgan fingerprint density at radius 1 is 0.973 bits per heavy atom. The van der Waals surface area contributed by atoms with Gasteiger partial charge in [0.25, 0.3) is 10.1 Å². The van der Waals surface area contributed by atoms with Crippen LogP contribution in [0.5, 0.6) is 5.75 Å². The average molecular weight is 574 g/mol. The lowest BCUT2D eigenvalue weighted by atomic mass is 10.1. The molecule has 37 heavy (non-hydrogen) atoms. The third-order valence-corrected chi connectivity index (χ3v) is 7.89. The number of phenolic OH excluding ortho intramolecular Hbond substituents is 1. The van der Waals surface area contributed by atoms with Gasteiger partial charge in [-0.15, -0.1) is 5.11 Å². The van der Waals surface area contributed by atoms with Crippen molar-refractivity contribution in [3.63, 3.8) is 0 Å². The first-order chi connectivity index (χ1) is 17.1. The minimum atomic E-state index is -5.25. The number of azo groups is 1. The van der Waals surface area contributed by atoms with Crippen LogP contribution in [0.15, 0.2) is 68.6 Å². The van der Waals surface area contributed by atoms with Gasteiger partial charge in [-0.3, -0.25) is 13.9 Å². The Morgan fingerprint density at radius 2 is 1.62 bits per heavy atom. The van der Waals surface area contributed by atoms with Crippen LogP contribution < -0.4 is 5.32 Å². The Hall–Kier alpha value is -3.48. The normalized spacial score (nSPS) is 12.7. The Bertz CT molecular complexity index is 1720. The zero-order valence-corrected chi connectivity index (χ0v) is 21.2. The SMILES string of the molecule is CC(=O)Nc1ccc2cc(S(=O)(=O)O)c(S(=O)(=O)CCOS(=O)(=O)O)c(O)c2c1N=Nc1ccccc1. The lowest BCUT2D eigenvalue weighted by Gasteiger charge is -2.16. The van der Waals surface area contributed by atoms with Crippen molar-refractivity contribution in [3.05, 3.63) is 48.5 Å². The molecule has 0 spiro atoms. The highest BCUT2D eigenvalue weighted by Gasteiger charge is 2.32. The van der Waals surface area contributed by atoms with Gasteiger partial charge < -0.3 is 10.4 Å². The molecule has 0 atom stereocenters. The van der Waals surface area contributed by atoms with E-state index in [9.17, 15) is 39.7 Å². The maximum atomic E-state index is 13.0. The van der Waals surface area contributed by atoms with Crippen LogP contribution in [-0.4, -0.2) is 57.7 Å². The lowest BCUT2D eigenvalue weighted by Crippen LogP contribution is -2.18. The van der Waals surface area contributed by atoms with Crippen molar-refractivity contribution in [1.82, 2.24) is 0 Å². The molecule has 0 heterocycles. The summed E-state index contributed by atoms with van der Waals surface area (Å²) in [5.74, 6) is -2.95. The number of amides is 1. The first-order valence-electron chi connectivity index (χ1n) is 9.99. The molecule has 0 fully saturated rings. The van der Waals surface area contributed by atoms with Gasteiger partial charge in [-0.25, -0.2) is 12.6 Å². The molecule has 0 aliphatic heterocycles. The third-order valence-electron chi connectivity index (χ3n) is 4.68. The summed E-state index contributed by atoms with van der Waals surface area (Å²) < 4.78 is 94.0. The van der Waals surface area contributed by atoms with E-state index in [1.54, 1.807) is 30.3 Å². The minimum Gasteiger partial charge on any atom is -0.506 e. The number of nitrogens with one attached hydrogen (secondary N) is 1. The van der Waals surface area contributed by atoms with Crippen LogP contribution in [0.2, 0.25) is 0 Å². The van der Waals surface area contributed by atoms with Crippen molar-refractivity contribution in [3.8, 4) is 5.75 Å². The Kier molecular flexibility index (Phi) is 7.96. The largest absolute Gasteiger partial charge is 0.506 e. The summed E-state index contributed by atoms with van der Waals surface area (Å²) in [7, 11) is -15.2. The lowest BCUT2D eigenvalue weighted by molar-refractivity contribution is -0.114. The zero-order valence-electron chi connectivity index (χ0n) is 18.8. The van der Waals surface area contributed by atoms with Gasteiger partial charge in [0.05, 0.1) is 29.1 Å². The maximum Gasteiger partial charge on any atom is 0.397 e. The fraction of sp³-hybridized carbons (Fsp3) is 0.150. The van der Waals surface area contributed by atoms with Gasteiger partial charge in [0.2, 0.25) is 5.91 Å². The summed E-state index contributed by atoms with van der Waals surface area (Å²) in [4.78, 5) is 9.25. The highest BCUT2D eigenvalue weighted by molar-refractivity contribution is 7.93. The summed E-state index contributed by atoms with van der Waals surface area (Å²) in [6.45, 7) is 0.0325. The first kappa shape index (κ1) is 28.1. The number of carbonyl (C=O) groups is 1. The topological polar surface area (TPSA) is 226 Å². The fourth-order valence-electron chi connectivity index (χ4n) is 3.25. The van der Waals surface area contributed by atoms with Crippen LogP contribution in [0, 0.1) is 0 Å².